The molecule has 2 amide bonds. The van der Waals surface area contributed by atoms with Crippen LogP contribution in [0, 0.1) is 0 Å². The fourth-order valence-corrected chi connectivity index (χ4v) is 1.22. The molecule has 5 heteroatoms. The van der Waals surface area contributed by atoms with Gasteiger partial charge in [-0.1, -0.05) is 13.3 Å². The third-order valence-corrected chi connectivity index (χ3v) is 2.09. The van der Waals surface area contributed by atoms with Gasteiger partial charge >= 0.3 is 0 Å². The average Bonchev–Trinajstić information content (AvgIpc) is 2.14. The van der Waals surface area contributed by atoms with E-state index in [1.165, 1.54) is 0 Å². The van der Waals surface area contributed by atoms with Crippen molar-refractivity contribution in [3.8, 4) is 0 Å². The molecule has 0 heterocycles. The lowest BCUT2D eigenvalue weighted by atomic mass is 10.2. The maximum Gasteiger partial charge on any atom is 0.237 e. The van der Waals surface area contributed by atoms with Crippen molar-refractivity contribution in [2.45, 2.75) is 45.7 Å². The Kier molecular flexibility index (Phi) is 6.70. The zero-order chi connectivity index (χ0) is 11.8. The van der Waals surface area contributed by atoms with Crippen LogP contribution < -0.4 is 16.4 Å². The highest BCUT2D eigenvalue weighted by molar-refractivity contribution is 5.83. The van der Waals surface area contributed by atoms with Crippen LogP contribution >= 0.6 is 0 Å². The molecule has 0 aliphatic rings. The van der Waals surface area contributed by atoms with Crippen LogP contribution in [0.5, 0.6) is 0 Å². The van der Waals surface area contributed by atoms with Crippen LogP contribution in [0.2, 0.25) is 0 Å². The molecule has 15 heavy (non-hydrogen) atoms. The Bertz CT molecular complexity index is 219. The quantitative estimate of drug-likeness (QED) is 0.548. The van der Waals surface area contributed by atoms with Gasteiger partial charge in [0.05, 0.1) is 12.6 Å². The maximum atomic E-state index is 11.5. The summed E-state index contributed by atoms with van der Waals surface area (Å²) in [7, 11) is 0. The number of carbonyl (C=O) groups is 2. The molecular formula is C10H21N3O2. The Balaban J connectivity index is 3.82. The summed E-state index contributed by atoms with van der Waals surface area (Å²) in [5.74, 6) is -0.562. The van der Waals surface area contributed by atoms with Crippen molar-refractivity contribution in [2.24, 2.45) is 5.73 Å². The standard InChI is InChI=1S/C10H21N3O2/c1-4-5-7(2)13-10(15)8(3)12-6-9(11)14/h7-8,12H,4-6H2,1-3H3,(H2,11,14)(H,13,15). The fourth-order valence-electron chi connectivity index (χ4n) is 1.22. The van der Waals surface area contributed by atoms with Crippen LogP contribution in [0.4, 0.5) is 0 Å². The molecule has 2 unspecified atom stereocenters. The zero-order valence-corrected chi connectivity index (χ0v) is 9.67. The van der Waals surface area contributed by atoms with Crippen molar-refractivity contribution in [1.82, 2.24) is 10.6 Å². The normalized spacial score (nSPS) is 14.3. The van der Waals surface area contributed by atoms with Crippen LogP contribution in [0.3, 0.4) is 0 Å². The monoisotopic (exact) mass is 215 g/mol. The van der Waals surface area contributed by atoms with E-state index in [-0.39, 0.29) is 18.5 Å². The molecule has 0 radical (unpaired) electrons. The molecule has 88 valence electrons. The lowest BCUT2D eigenvalue weighted by Gasteiger charge is -2.17. The summed E-state index contributed by atoms with van der Waals surface area (Å²) in [5, 5.41) is 5.59. The van der Waals surface area contributed by atoms with E-state index in [1.807, 2.05) is 6.92 Å². The summed E-state index contributed by atoms with van der Waals surface area (Å²) in [6, 6.07) is -0.225. The molecule has 0 saturated heterocycles. The molecule has 2 atom stereocenters. The molecule has 4 N–H and O–H groups in total. The largest absolute Gasteiger partial charge is 0.369 e. The zero-order valence-electron chi connectivity index (χ0n) is 9.67. The highest BCUT2D eigenvalue weighted by Gasteiger charge is 2.14. The first-order valence-corrected chi connectivity index (χ1v) is 5.29. The summed E-state index contributed by atoms with van der Waals surface area (Å²) >= 11 is 0. The number of hydrogen-bond acceptors (Lipinski definition) is 3. The maximum absolute atomic E-state index is 11.5. The highest BCUT2D eigenvalue weighted by atomic mass is 16.2. The van der Waals surface area contributed by atoms with Crippen LogP contribution in [-0.2, 0) is 9.59 Å². The van der Waals surface area contributed by atoms with Gasteiger partial charge in [0, 0.05) is 6.04 Å². The van der Waals surface area contributed by atoms with Gasteiger partial charge < -0.3 is 11.1 Å². The molecule has 0 aromatic carbocycles. The van der Waals surface area contributed by atoms with E-state index in [9.17, 15) is 9.59 Å². The van der Waals surface area contributed by atoms with Crippen molar-refractivity contribution in [3.63, 3.8) is 0 Å². The molecule has 0 aromatic heterocycles. The lowest BCUT2D eigenvalue weighted by molar-refractivity contribution is -0.123. The predicted molar refractivity (Wildman–Crippen MR) is 59.2 cm³/mol. The van der Waals surface area contributed by atoms with Gasteiger partial charge in [-0.3, -0.25) is 14.9 Å². The third kappa shape index (κ3) is 6.90. The predicted octanol–water partition coefficient (Wildman–Crippen LogP) is -0.245. The minimum atomic E-state index is -0.462. The third-order valence-electron chi connectivity index (χ3n) is 2.09. The van der Waals surface area contributed by atoms with Crippen LogP contribution in [-0.4, -0.2) is 30.4 Å². The molecular weight excluding hydrogens is 194 g/mol. The summed E-state index contributed by atoms with van der Waals surface area (Å²) in [5.41, 5.74) is 4.96. The summed E-state index contributed by atoms with van der Waals surface area (Å²) < 4.78 is 0. The summed E-state index contributed by atoms with van der Waals surface area (Å²) in [4.78, 5) is 22.0. The number of carbonyl (C=O) groups excluding carboxylic acids is 2. The Morgan fingerprint density at radius 3 is 2.40 bits per heavy atom. The first-order valence-electron chi connectivity index (χ1n) is 5.29. The minimum Gasteiger partial charge on any atom is -0.369 e. The van der Waals surface area contributed by atoms with E-state index in [0.717, 1.165) is 12.8 Å². The second kappa shape index (κ2) is 7.23. The van der Waals surface area contributed by atoms with Gasteiger partial charge in [-0.15, -0.1) is 0 Å². The van der Waals surface area contributed by atoms with Crippen molar-refractivity contribution in [2.75, 3.05) is 6.54 Å². The average molecular weight is 215 g/mol. The molecule has 0 aliphatic heterocycles. The van der Waals surface area contributed by atoms with Gasteiger partial charge in [-0.25, -0.2) is 0 Å². The van der Waals surface area contributed by atoms with E-state index in [4.69, 9.17) is 5.73 Å². The lowest BCUT2D eigenvalue weighted by Crippen LogP contribution is -2.47. The number of primary amides is 1. The molecule has 5 nitrogen and oxygen atoms in total. The molecule has 0 fully saturated rings. The Hall–Kier alpha value is -1.10. The fraction of sp³-hybridized carbons (Fsp3) is 0.800. The molecule has 0 spiro atoms. The number of rotatable bonds is 7. The number of nitrogens with two attached hydrogens (primary N) is 1. The van der Waals surface area contributed by atoms with Gasteiger partial charge in [0.1, 0.15) is 0 Å². The SMILES string of the molecule is CCCC(C)NC(=O)C(C)NCC(N)=O. The molecule has 0 bridgehead atoms. The topological polar surface area (TPSA) is 84.2 Å². The van der Waals surface area contributed by atoms with Crippen molar-refractivity contribution < 1.29 is 9.59 Å². The van der Waals surface area contributed by atoms with Crippen LogP contribution in [0.25, 0.3) is 0 Å². The Morgan fingerprint density at radius 1 is 1.33 bits per heavy atom. The molecule has 0 rings (SSSR count). The van der Waals surface area contributed by atoms with Crippen molar-refractivity contribution in [1.29, 1.82) is 0 Å². The van der Waals surface area contributed by atoms with Crippen LogP contribution in [0.15, 0.2) is 0 Å². The second-order valence-corrected chi connectivity index (χ2v) is 3.77. The van der Waals surface area contributed by atoms with E-state index >= 15 is 0 Å². The van der Waals surface area contributed by atoms with Gasteiger partial charge in [-0.2, -0.15) is 0 Å². The van der Waals surface area contributed by atoms with Crippen LogP contribution in [0.1, 0.15) is 33.6 Å². The smallest absolute Gasteiger partial charge is 0.237 e. The van der Waals surface area contributed by atoms with Gasteiger partial charge in [0.15, 0.2) is 0 Å². The molecule has 0 aliphatic carbocycles. The first-order chi connectivity index (χ1) is 6.97. The molecule has 0 saturated carbocycles. The van der Waals surface area contributed by atoms with E-state index < -0.39 is 11.9 Å². The number of hydrogen-bond donors (Lipinski definition) is 3. The molecule has 0 aromatic rings. The minimum absolute atomic E-state index is 0.0245. The highest BCUT2D eigenvalue weighted by Crippen LogP contribution is 1.95. The van der Waals surface area contributed by atoms with E-state index in [2.05, 4.69) is 17.6 Å². The van der Waals surface area contributed by atoms with Gasteiger partial charge in [0.25, 0.3) is 0 Å². The summed E-state index contributed by atoms with van der Waals surface area (Å²) in [6.45, 7) is 5.76. The first kappa shape index (κ1) is 13.9. The van der Waals surface area contributed by atoms with Crippen molar-refractivity contribution in [3.05, 3.63) is 0 Å². The number of amides is 2. The Morgan fingerprint density at radius 2 is 1.93 bits per heavy atom. The number of nitrogens with one attached hydrogen (secondary N) is 2. The second-order valence-electron chi connectivity index (χ2n) is 3.77. The van der Waals surface area contributed by atoms with E-state index in [1.54, 1.807) is 6.92 Å². The Labute approximate surface area is 90.8 Å². The van der Waals surface area contributed by atoms with Gasteiger partial charge in [0.2, 0.25) is 11.8 Å². The summed E-state index contributed by atoms with van der Waals surface area (Å²) in [6.07, 6.45) is 1.98. The van der Waals surface area contributed by atoms with Gasteiger partial charge in [-0.05, 0) is 20.3 Å². The van der Waals surface area contributed by atoms with Crippen molar-refractivity contribution >= 4 is 11.8 Å². The van der Waals surface area contributed by atoms with E-state index in [0.29, 0.717) is 0 Å².